The van der Waals surface area contributed by atoms with E-state index < -0.39 is 0 Å². The highest BCUT2D eigenvalue weighted by Gasteiger charge is 2.46. The molecule has 7 aromatic carbocycles. The van der Waals surface area contributed by atoms with Crippen LogP contribution in [-0.2, 0) is 16.2 Å². The highest BCUT2D eigenvalue weighted by molar-refractivity contribution is 6.94. The minimum atomic E-state index is -0.188. The van der Waals surface area contributed by atoms with Crippen molar-refractivity contribution in [2.45, 2.75) is 78.6 Å². The number of aromatic nitrogens is 1. The molecule has 0 aliphatic carbocycles. The average molecular weight is 793 g/mol. The molecule has 3 aromatic heterocycles. The minimum absolute atomic E-state index is 0.0250. The van der Waals surface area contributed by atoms with Crippen molar-refractivity contribution >= 4 is 83.9 Å². The SMILES string of the molecule is CC(C)(C)c1ccc(N2B3c4cc5occ(-c6ccccc6)c5cc4-n4c5ccc(C(C)(C)C)cc5c5c6c(oc7ccccc76)c(c3c54)-c3cc(C(C)(C)C)ccc32)cc1. The van der Waals surface area contributed by atoms with Gasteiger partial charge in [-0.15, -0.1) is 0 Å². The second-order valence-electron chi connectivity index (χ2n) is 20.6. The summed E-state index contributed by atoms with van der Waals surface area (Å²) in [5, 5.41) is 5.94. The van der Waals surface area contributed by atoms with E-state index >= 15 is 0 Å². The third kappa shape index (κ3) is 5.07. The zero-order valence-electron chi connectivity index (χ0n) is 36.5. The largest absolute Gasteiger partial charge is 0.464 e. The van der Waals surface area contributed by atoms with Crippen molar-refractivity contribution in [2.24, 2.45) is 0 Å². The predicted octanol–water partition coefficient (Wildman–Crippen LogP) is 14.2. The van der Waals surface area contributed by atoms with Crippen LogP contribution in [0.3, 0.4) is 0 Å². The van der Waals surface area contributed by atoms with E-state index in [4.69, 9.17) is 8.83 Å². The zero-order valence-corrected chi connectivity index (χ0v) is 36.5. The van der Waals surface area contributed by atoms with Gasteiger partial charge in [-0.3, -0.25) is 0 Å². The average Bonchev–Trinajstić information content (AvgIpc) is 3.93. The van der Waals surface area contributed by atoms with Crippen LogP contribution >= 0.6 is 0 Å². The fourth-order valence-corrected chi connectivity index (χ4v) is 10.5. The lowest BCUT2D eigenvalue weighted by molar-refractivity contribution is 0.590. The van der Waals surface area contributed by atoms with Gasteiger partial charge in [-0.05, 0) is 104 Å². The van der Waals surface area contributed by atoms with Gasteiger partial charge in [0.1, 0.15) is 16.7 Å². The number of hydrogen-bond acceptors (Lipinski definition) is 3. The first-order valence-electron chi connectivity index (χ1n) is 21.8. The summed E-state index contributed by atoms with van der Waals surface area (Å²) < 4.78 is 16.4. The minimum Gasteiger partial charge on any atom is -0.464 e. The van der Waals surface area contributed by atoms with Crippen LogP contribution in [-0.4, -0.2) is 11.4 Å². The summed E-state index contributed by atoms with van der Waals surface area (Å²) >= 11 is 0. The van der Waals surface area contributed by atoms with Crippen LogP contribution in [0.4, 0.5) is 11.4 Å². The third-order valence-electron chi connectivity index (χ3n) is 13.7. The molecule has 4 nitrogen and oxygen atoms in total. The summed E-state index contributed by atoms with van der Waals surface area (Å²) in [7, 11) is 0. The van der Waals surface area contributed by atoms with Crippen molar-refractivity contribution in [2.75, 3.05) is 4.81 Å². The van der Waals surface area contributed by atoms with Gasteiger partial charge in [-0.1, -0.05) is 135 Å². The monoisotopic (exact) mass is 792 g/mol. The number of para-hydroxylation sites is 1. The number of fused-ring (bicyclic) bond motifs is 14. The topological polar surface area (TPSA) is 34.5 Å². The quantitative estimate of drug-likeness (QED) is 0.164. The van der Waals surface area contributed by atoms with Gasteiger partial charge in [0.15, 0.2) is 0 Å². The van der Waals surface area contributed by atoms with Crippen molar-refractivity contribution in [3.8, 4) is 27.9 Å². The normalized spacial score (nSPS) is 13.9. The fraction of sp³-hybridized carbons (Fsp3) is 0.214. The molecule has 0 radical (unpaired) electrons. The van der Waals surface area contributed by atoms with Crippen molar-refractivity contribution < 1.29 is 8.83 Å². The predicted molar refractivity (Wildman–Crippen MR) is 258 cm³/mol. The van der Waals surface area contributed by atoms with Gasteiger partial charge in [0.05, 0.1) is 17.3 Å². The van der Waals surface area contributed by atoms with Crippen LogP contribution in [0.1, 0.15) is 79.0 Å². The van der Waals surface area contributed by atoms with Gasteiger partial charge in [-0.25, -0.2) is 0 Å². The van der Waals surface area contributed by atoms with Crippen LogP contribution in [0.25, 0.3) is 82.7 Å². The smallest absolute Gasteiger partial charge is 0.333 e. The Balaban J connectivity index is 1.32. The molecule has 0 unspecified atom stereocenters. The number of benzene rings is 7. The third-order valence-corrected chi connectivity index (χ3v) is 13.7. The zero-order chi connectivity index (χ0) is 41.9. The molecule has 0 amide bonds. The second kappa shape index (κ2) is 12.1. The van der Waals surface area contributed by atoms with Gasteiger partial charge in [0.2, 0.25) is 0 Å². The molecule has 0 atom stereocenters. The van der Waals surface area contributed by atoms with Crippen molar-refractivity contribution in [1.82, 2.24) is 4.57 Å². The number of rotatable bonds is 2. The molecule has 5 heteroatoms. The van der Waals surface area contributed by atoms with E-state index in [9.17, 15) is 0 Å². The molecule has 0 bridgehead atoms. The maximum atomic E-state index is 7.23. The Morgan fingerprint density at radius 3 is 1.93 bits per heavy atom. The van der Waals surface area contributed by atoms with Gasteiger partial charge >= 0.3 is 6.85 Å². The van der Waals surface area contributed by atoms with E-state index in [0.29, 0.717) is 0 Å². The number of nitrogens with zero attached hydrogens (tertiary/aromatic N) is 2. The maximum absolute atomic E-state index is 7.23. The number of hydrogen-bond donors (Lipinski definition) is 0. The van der Waals surface area contributed by atoms with Crippen LogP contribution in [0, 0.1) is 0 Å². The van der Waals surface area contributed by atoms with Gasteiger partial charge in [-0.2, -0.15) is 0 Å². The summed E-state index contributed by atoms with van der Waals surface area (Å²) in [4.78, 5) is 2.61. The summed E-state index contributed by atoms with van der Waals surface area (Å²) in [5.41, 5.74) is 19.6. The van der Waals surface area contributed by atoms with Crippen molar-refractivity contribution in [3.63, 3.8) is 0 Å². The Kier molecular flexibility index (Phi) is 7.22. The van der Waals surface area contributed by atoms with E-state index in [2.05, 4.69) is 199 Å². The van der Waals surface area contributed by atoms with Gasteiger partial charge < -0.3 is 18.2 Å². The lowest BCUT2D eigenvalue weighted by Crippen LogP contribution is -2.60. The molecule has 10 aromatic rings. The molecule has 0 fully saturated rings. The molecule has 0 saturated carbocycles. The summed E-state index contributed by atoms with van der Waals surface area (Å²) in [6.07, 6.45) is 1.94. The molecule has 2 aliphatic rings. The van der Waals surface area contributed by atoms with E-state index in [1.165, 1.54) is 77.3 Å². The molecule has 2 aliphatic heterocycles. The molecule has 12 rings (SSSR count). The Hall–Kier alpha value is -6.46. The summed E-state index contributed by atoms with van der Waals surface area (Å²) in [5.74, 6) is 0. The molecule has 5 heterocycles. The molecule has 298 valence electrons. The maximum Gasteiger partial charge on any atom is 0.333 e. The van der Waals surface area contributed by atoms with Crippen LogP contribution in [0.5, 0.6) is 0 Å². The standard InChI is InChI=1S/C56H49BN2O2/c1-54(2,3)33-19-23-36(24-20-33)59-44-26-22-35(56(7,8)9)28-40(44)50-51-52-48(49-37-17-13-14-18-46(37)61-53(49)50)39-27-34(55(4,5)6)21-25-43(39)58(52)45-29-38-41(32-15-11-10-12-16-32)31-60-47(38)30-42(45)57(51)59/h10-31H,1-9H3. The Bertz CT molecular complexity index is 3470. The Labute approximate surface area is 357 Å². The first-order valence-corrected chi connectivity index (χ1v) is 21.8. The van der Waals surface area contributed by atoms with Crippen LogP contribution in [0.2, 0.25) is 0 Å². The van der Waals surface area contributed by atoms with E-state index in [-0.39, 0.29) is 23.1 Å². The highest BCUT2D eigenvalue weighted by atomic mass is 16.3. The fourth-order valence-electron chi connectivity index (χ4n) is 10.5. The van der Waals surface area contributed by atoms with E-state index in [1.54, 1.807) is 0 Å². The van der Waals surface area contributed by atoms with Crippen molar-refractivity contribution in [3.05, 3.63) is 150 Å². The van der Waals surface area contributed by atoms with Gasteiger partial charge in [0.25, 0.3) is 0 Å². The van der Waals surface area contributed by atoms with E-state index in [1.807, 2.05) is 6.26 Å². The highest BCUT2D eigenvalue weighted by Crippen LogP contribution is 2.52. The van der Waals surface area contributed by atoms with Crippen molar-refractivity contribution in [1.29, 1.82) is 0 Å². The number of furan rings is 2. The first kappa shape index (κ1) is 36.4. The first-order chi connectivity index (χ1) is 29.2. The summed E-state index contributed by atoms with van der Waals surface area (Å²) in [6.45, 7) is 20.6. The molecular weight excluding hydrogens is 743 g/mol. The van der Waals surface area contributed by atoms with Crippen LogP contribution in [0.15, 0.2) is 142 Å². The molecule has 0 saturated heterocycles. The lowest BCUT2D eigenvalue weighted by Gasteiger charge is -2.42. The second-order valence-corrected chi connectivity index (χ2v) is 20.6. The molecular formula is C56H49BN2O2. The lowest BCUT2D eigenvalue weighted by atomic mass is 9.43. The number of anilines is 2. The molecule has 0 N–H and O–H groups in total. The molecule has 0 spiro atoms. The Morgan fingerprint density at radius 1 is 0.525 bits per heavy atom. The Morgan fingerprint density at radius 2 is 1.20 bits per heavy atom. The van der Waals surface area contributed by atoms with E-state index in [0.717, 1.165) is 44.3 Å². The van der Waals surface area contributed by atoms with Crippen LogP contribution < -0.4 is 15.7 Å². The molecule has 61 heavy (non-hydrogen) atoms. The summed E-state index contributed by atoms with van der Waals surface area (Å²) in [6, 6.07) is 47.7. The van der Waals surface area contributed by atoms with Gasteiger partial charge in [0, 0.05) is 60.7 Å².